The summed E-state index contributed by atoms with van der Waals surface area (Å²) in [6.07, 6.45) is -2.31. The highest BCUT2D eigenvalue weighted by molar-refractivity contribution is 4.88. The summed E-state index contributed by atoms with van der Waals surface area (Å²) in [4.78, 5) is 0. The van der Waals surface area contributed by atoms with E-state index in [2.05, 4.69) is 0 Å². The van der Waals surface area contributed by atoms with Crippen molar-refractivity contribution in [3.63, 3.8) is 0 Å². The Hall–Kier alpha value is -0.320. The van der Waals surface area contributed by atoms with E-state index >= 15 is 0 Å². The average Bonchev–Trinajstić information content (AvgIpc) is 1.83. The van der Waals surface area contributed by atoms with Gasteiger partial charge >= 0.3 is 11.8 Å². The molecule has 0 amide bonds. The molecule has 1 unspecified atom stereocenters. The summed E-state index contributed by atoms with van der Waals surface area (Å²) in [7, 11) is 0. The quantitative estimate of drug-likeness (QED) is 0.674. The lowest BCUT2D eigenvalue weighted by Crippen LogP contribution is -2.50. The monoisotopic (exact) mass is 188 g/mol. The molecule has 0 spiro atoms. The largest absolute Gasteiger partial charge is 0.386 e. The number of hydrogen-bond donors (Lipinski definition) is 1. The fourth-order valence-corrected chi connectivity index (χ4v) is 0.678. The Bertz CT molecular complexity index is 150. The van der Waals surface area contributed by atoms with Crippen molar-refractivity contribution in [2.45, 2.75) is 38.7 Å². The van der Waals surface area contributed by atoms with Crippen molar-refractivity contribution in [3.05, 3.63) is 0 Å². The third-order valence-electron chi connectivity index (χ3n) is 1.59. The fraction of sp³-hybridized carbons (Fsp3) is 1.00. The Morgan fingerprint density at radius 2 is 1.42 bits per heavy atom. The molecule has 0 rings (SSSR count). The van der Waals surface area contributed by atoms with E-state index in [9.17, 15) is 17.6 Å². The summed E-state index contributed by atoms with van der Waals surface area (Å²) >= 11 is 0. The maximum absolute atomic E-state index is 12.6. The smallest absolute Gasteiger partial charge is 0.335 e. The van der Waals surface area contributed by atoms with E-state index < -0.39 is 23.9 Å². The minimum atomic E-state index is -4.36. The van der Waals surface area contributed by atoms with Crippen molar-refractivity contribution in [2.24, 2.45) is 5.92 Å². The summed E-state index contributed by atoms with van der Waals surface area (Å²) in [5.74, 6) is -9.44. The molecule has 1 nitrogen and oxygen atoms in total. The second-order valence-corrected chi connectivity index (χ2v) is 3.20. The zero-order valence-electron chi connectivity index (χ0n) is 7.11. The predicted octanol–water partition coefficient (Wildman–Crippen LogP) is 2.29. The van der Waals surface area contributed by atoms with Crippen molar-refractivity contribution in [1.82, 2.24) is 0 Å². The third kappa shape index (κ3) is 2.09. The summed E-state index contributed by atoms with van der Waals surface area (Å²) in [6.45, 7) is 2.60. The molecule has 1 N–H and O–H groups in total. The molecule has 0 radical (unpaired) electrons. The average molecular weight is 188 g/mol. The molecule has 0 fully saturated rings. The topological polar surface area (TPSA) is 20.2 Å². The van der Waals surface area contributed by atoms with Gasteiger partial charge in [0.1, 0.15) is 6.10 Å². The van der Waals surface area contributed by atoms with Crippen molar-refractivity contribution in [3.8, 4) is 0 Å². The van der Waals surface area contributed by atoms with Crippen molar-refractivity contribution >= 4 is 0 Å². The lowest BCUT2D eigenvalue weighted by atomic mass is 9.97. The van der Waals surface area contributed by atoms with Crippen LogP contribution in [0.25, 0.3) is 0 Å². The van der Waals surface area contributed by atoms with Gasteiger partial charge in [-0.15, -0.1) is 0 Å². The molecule has 0 saturated heterocycles. The molecule has 0 aromatic heterocycles. The second kappa shape index (κ2) is 3.20. The first-order chi connectivity index (χ1) is 5.10. The van der Waals surface area contributed by atoms with Crippen LogP contribution < -0.4 is 0 Å². The number of hydrogen-bond acceptors (Lipinski definition) is 1. The van der Waals surface area contributed by atoms with Gasteiger partial charge < -0.3 is 5.11 Å². The molecule has 74 valence electrons. The second-order valence-electron chi connectivity index (χ2n) is 3.20. The molecule has 0 aliphatic carbocycles. The van der Waals surface area contributed by atoms with Crippen LogP contribution in [-0.2, 0) is 0 Å². The molecule has 1 atom stereocenters. The van der Waals surface area contributed by atoms with Crippen LogP contribution in [-0.4, -0.2) is 23.1 Å². The van der Waals surface area contributed by atoms with Gasteiger partial charge in [0.2, 0.25) is 0 Å². The first-order valence-electron chi connectivity index (χ1n) is 3.54. The first kappa shape index (κ1) is 11.7. The maximum Gasteiger partial charge on any atom is 0.335 e. The van der Waals surface area contributed by atoms with Crippen LogP contribution in [0, 0.1) is 5.92 Å². The van der Waals surface area contributed by atoms with Crippen molar-refractivity contribution in [2.75, 3.05) is 0 Å². The number of aliphatic hydroxyl groups is 1. The number of alkyl halides is 4. The zero-order valence-corrected chi connectivity index (χ0v) is 7.11. The van der Waals surface area contributed by atoms with Crippen LogP contribution >= 0.6 is 0 Å². The van der Waals surface area contributed by atoms with Gasteiger partial charge in [0.25, 0.3) is 0 Å². The number of halogens is 4. The van der Waals surface area contributed by atoms with Crippen LogP contribution in [0.15, 0.2) is 0 Å². The summed E-state index contributed by atoms with van der Waals surface area (Å²) in [5.41, 5.74) is 0. The summed E-state index contributed by atoms with van der Waals surface area (Å²) < 4.78 is 49.6. The van der Waals surface area contributed by atoms with E-state index in [0.717, 1.165) is 0 Å². The molecular weight excluding hydrogens is 176 g/mol. The normalized spacial score (nSPS) is 16.8. The van der Waals surface area contributed by atoms with E-state index in [-0.39, 0.29) is 6.92 Å². The Labute approximate surface area is 68.4 Å². The molecule has 0 aliphatic rings. The van der Waals surface area contributed by atoms with Gasteiger partial charge in [-0.3, -0.25) is 0 Å². The van der Waals surface area contributed by atoms with Gasteiger partial charge in [-0.1, -0.05) is 13.8 Å². The Balaban J connectivity index is 4.61. The molecule has 0 aromatic rings. The molecule has 12 heavy (non-hydrogen) atoms. The minimum absolute atomic E-state index is 0.0958. The van der Waals surface area contributed by atoms with E-state index in [4.69, 9.17) is 5.11 Å². The van der Waals surface area contributed by atoms with Gasteiger partial charge in [0.05, 0.1) is 0 Å². The highest BCUT2D eigenvalue weighted by Crippen LogP contribution is 2.38. The lowest BCUT2D eigenvalue weighted by molar-refractivity contribution is -0.252. The molecular formula is C7H12F4O. The third-order valence-corrected chi connectivity index (χ3v) is 1.59. The van der Waals surface area contributed by atoms with Crippen LogP contribution in [0.5, 0.6) is 0 Å². The Kier molecular flexibility index (Phi) is 3.12. The zero-order chi connectivity index (χ0) is 10.2. The van der Waals surface area contributed by atoms with Crippen LogP contribution in [0.1, 0.15) is 20.8 Å². The lowest BCUT2D eigenvalue weighted by Gasteiger charge is -2.29. The molecule has 0 saturated carbocycles. The van der Waals surface area contributed by atoms with Gasteiger partial charge in [0, 0.05) is 6.92 Å². The van der Waals surface area contributed by atoms with Gasteiger partial charge in [-0.2, -0.15) is 8.78 Å². The highest BCUT2D eigenvalue weighted by atomic mass is 19.3. The van der Waals surface area contributed by atoms with Crippen molar-refractivity contribution < 1.29 is 22.7 Å². The van der Waals surface area contributed by atoms with Gasteiger partial charge in [-0.05, 0) is 5.92 Å². The van der Waals surface area contributed by atoms with E-state index in [1.807, 2.05) is 0 Å². The van der Waals surface area contributed by atoms with Crippen LogP contribution in [0.3, 0.4) is 0 Å². The van der Waals surface area contributed by atoms with E-state index in [1.165, 1.54) is 13.8 Å². The molecule has 0 heterocycles. The highest BCUT2D eigenvalue weighted by Gasteiger charge is 2.58. The van der Waals surface area contributed by atoms with Gasteiger partial charge in [-0.25, -0.2) is 8.78 Å². The Morgan fingerprint density at radius 3 is 1.50 bits per heavy atom. The van der Waals surface area contributed by atoms with Crippen molar-refractivity contribution in [1.29, 1.82) is 0 Å². The first-order valence-corrected chi connectivity index (χ1v) is 3.54. The SMILES string of the molecule is CC(C)C(O)C(F)(F)C(C)(F)F. The fourth-order valence-electron chi connectivity index (χ4n) is 0.678. The number of aliphatic hydroxyl groups excluding tert-OH is 1. The Morgan fingerprint density at radius 1 is 1.08 bits per heavy atom. The minimum Gasteiger partial charge on any atom is -0.386 e. The van der Waals surface area contributed by atoms with E-state index in [1.54, 1.807) is 0 Å². The predicted molar refractivity (Wildman–Crippen MR) is 36.4 cm³/mol. The number of rotatable bonds is 3. The van der Waals surface area contributed by atoms with Gasteiger partial charge in [0.15, 0.2) is 0 Å². The standard InChI is InChI=1S/C7H12F4O/c1-4(2)5(12)7(10,11)6(3,8)9/h4-5,12H,1-3H3. The van der Waals surface area contributed by atoms with E-state index in [0.29, 0.717) is 0 Å². The molecule has 0 bridgehead atoms. The molecule has 5 heteroatoms. The van der Waals surface area contributed by atoms with Crippen LogP contribution in [0.2, 0.25) is 0 Å². The summed E-state index contributed by atoms with van der Waals surface area (Å²) in [5, 5.41) is 8.76. The molecule has 0 aromatic carbocycles. The summed E-state index contributed by atoms with van der Waals surface area (Å²) in [6, 6.07) is 0. The maximum atomic E-state index is 12.6. The van der Waals surface area contributed by atoms with Crippen LogP contribution in [0.4, 0.5) is 17.6 Å². The molecule has 0 aliphatic heterocycles.